The normalized spacial score (nSPS) is 51.1. The van der Waals surface area contributed by atoms with E-state index >= 15 is 0 Å². The molecule has 0 bridgehead atoms. The Morgan fingerprint density at radius 3 is 2.24 bits per heavy atom. The first kappa shape index (κ1) is 24.6. The quantitative estimate of drug-likeness (QED) is 0.431. The number of allylic oxidation sites excluding steroid dienone is 3. The average molecular weight is 471 g/mol. The van der Waals surface area contributed by atoms with Gasteiger partial charge in [-0.3, -0.25) is 4.79 Å². The lowest BCUT2D eigenvalue weighted by atomic mass is 9.35. The summed E-state index contributed by atoms with van der Waals surface area (Å²) in [5.41, 5.74) is 1.12. The van der Waals surface area contributed by atoms with Crippen LogP contribution in [0.3, 0.4) is 0 Å². The van der Waals surface area contributed by atoms with Crippen LogP contribution < -0.4 is 0 Å². The van der Waals surface area contributed by atoms with Crippen molar-refractivity contribution in [2.45, 2.75) is 112 Å². The molecule has 0 heterocycles. The van der Waals surface area contributed by atoms with Gasteiger partial charge in [0.05, 0.1) is 17.6 Å². The van der Waals surface area contributed by atoms with E-state index in [2.05, 4.69) is 60.6 Å². The summed E-state index contributed by atoms with van der Waals surface area (Å²) in [6.45, 7) is 16.1. The lowest BCUT2D eigenvalue weighted by Gasteiger charge is -2.69. The van der Waals surface area contributed by atoms with Gasteiger partial charge < -0.3 is 15.3 Å². The fourth-order valence-corrected chi connectivity index (χ4v) is 9.93. The molecule has 0 amide bonds. The van der Waals surface area contributed by atoms with Crippen molar-refractivity contribution in [1.29, 1.82) is 0 Å². The molecule has 0 radical (unpaired) electrons. The average Bonchev–Trinajstić information content (AvgIpc) is 2.72. The van der Waals surface area contributed by atoms with Crippen LogP contribution in [0.15, 0.2) is 23.3 Å². The molecule has 5 aliphatic carbocycles. The lowest BCUT2D eigenvalue weighted by molar-refractivity contribution is -0.184. The number of hydrogen-bond acceptors (Lipinski definition) is 3. The molecule has 0 saturated heterocycles. The second-order valence-electron chi connectivity index (χ2n) is 14.7. The van der Waals surface area contributed by atoms with Crippen LogP contribution in [-0.4, -0.2) is 33.5 Å². The van der Waals surface area contributed by atoms with Crippen LogP contribution in [-0.2, 0) is 4.79 Å². The van der Waals surface area contributed by atoms with E-state index in [-0.39, 0.29) is 33.2 Å². The van der Waals surface area contributed by atoms with Crippen molar-refractivity contribution in [2.24, 2.45) is 44.3 Å². The van der Waals surface area contributed by atoms with Gasteiger partial charge >= 0.3 is 5.97 Å². The van der Waals surface area contributed by atoms with E-state index in [1.165, 1.54) is 5.57 Å². The minimum atomic E-state index is -0.935. The van der Waals surface area contributed by atoms with Crippen LogP contribution >= 0.6 is 0 Å². The summed E-state index contributed by atoms with van der Waals surface area (Å²) in [6.07, 6.45) is 10.5. The van der Waals surface area contributed by atoms with Crippen molar-refractivity contribution in [3.8, 4) is 0 Å². The molecule has 0 aromatic rings. The van der Waals surface area contributed by atoms with Crippen LogP contribution in [0.1, 0.15) is 99.8 Å². The Balaban J connectivity index is 1.68. The highest BCUT2D eigenvalue weighted by Crippen LogP contribution is 2.74. The predicted molar refractivity (Wildman–Crippen MR) is 134 cm³/mol. The monoisotopic (exact) mass is 470 g/mol. The fraction of sp³-hybridized carbons (Fsp3) is 0.833. The number of aliphatic hydroxyl groups is 2. The lowest BCUT2D eigenvalue weighted by Crippen LogP contribution is -2.63. The Kier molecular flexibility index (Phi) is 5.06. The van der Waals surface area contributed by atoms with Crippen molar-refractivity contribution in [3.05, 3.63) is 23.3 Å². The van der Waals surface area contributed by atoms with E-state index in [0.717, 1.165) is 37.7 Å². The first-order valence-electron chi connectivity index (χ1n) is 13.6. The molecule has 190 valence electrons. The molecule has 5 aliphatic rings. The van der Waals surface area contributed by atoms with Gasteiger partial charge in [0.15, 0.2) is 0 Å². The van der Waals surface area contributed by atoms with Gasteiger partial charge in [0.25, 0.3) is 0 Å². The Morgan fingerprint density at radius 2 is 1.59 bits per heavy atom. The molecule has 34 heavy (non-hydrogen) atoms. The van der Waals surface area contributed by atoms with Crippen LogP contribution in [0.5, 0.6) is 0 Å². The number of rotatable bonds is 1. The number of carboxylic acid groups (broad SMARTS) is 1. The van der Waals surface area contributed by atoms with Crippen molar-refractivity contribution in [3.63, 3.8) is 0 Å². The molecular formula is C30H46O4. The first-order chi connectivity index (χ1) is 15.6. The summed E-state index contributed by atoms with van der Waals surface area (Å²) >= 11 is 0. The highest BCUT2D eigenvalue weighted by Gasteiger charge is 2.67. The Bertz CT molecular complexity index is 974. The summed E-state index contributed by atoms with van der Waals surface area (Å²) < 4.78 is 0. The molecule has 0 spiro atoms. The highest BCUT2D eigenvalue weighted by molar-refractivity contribution is 5.80. The molecule has 4 heteroatoms. The van der Waals surface area contributed by atoms with E-state index in [9.17, 15) is 20.1 Å². The van der Waals surface area contributed by atoms with Gasteiger partial charge in [-0.05, 0) is 101 Å². The Hall–Kier alpha value is -1.13. The van der Waals surface area contributed by atoms with Crippen molar-refractivity contribution in [2.75, 3.05) is 0 Å². The minimum absolute atomic E-state index is 0.0541. The molecule has 0 aliphatic heterocycles. The van der Waals surface area contributed by atoms with Crippen molar-refractivity contribution in [1.82, 2.24) is 0 Å². The molecule has 3 saturated carbocycles. The summed E-state index contributed by atoms with van der Waals surface area (Å²) in [4.78, 5) is 12.8. The number of aliphatic hydroxyl groups excluding tert-OH is 2. The van der Waals surface area contributed by atoms with Crippen LogP contribution in [0, 0.1) is 44.3 Å². The highest BCUT2D eigenvalue weighted by atomic mass is 16.4. The van der Waals surface area contributed by atoms with Crippen molar-refractivity contribution >= 4 is 5.97 Å². The second-order valence-corrected chi connectivity index (χ2v) is 14.7. The third kappa shape index (κ3) is 2.76. The number of aliphatic carboxylic acids is 1. The van der Waals surface area contributed by atoms with E-state index in [1.54, 1.807) is 0 Å². The zero-order chi connectivity index (χ0) is 25.1. The van der Waals surface area contributed by atoms with Crippen LogP contribution in [0.4, 0.5) is 0 Å². The molecule has 3 fully saturated rings. The fourth-order valence-electron chi connectivity index (χ4n) is 9.93. The Labute approximate surface area is 205 Å². The molecule has 4 nitrogen and oxygen atoms in total. The summed E-state index contributed by atoms with van der Waals surface area (Å²) in [5, 5.41) is 32.2. The smallest absolute Gasteiger partial charge is 0.313 e. The Morgan fingerprint density at radius 1 is 0.912 bits per heavy atom. The molecule has 3 N–H and O–H groups in total. The van der Waals surface area contributed by atoms with E-state index in [4.69, 9.17) is 0 Å². The molecule has 0 unspecified atom stereocenters. The molecule has 0 aromatic heterocycles. The number of hydrogen-bond donors (Lipinski definition) is 3. The minimum Gasteiger partial charge on any atom is -0.481 e. The number of fused-ring (bicyclic) bond motifs is 6. The maximum atomic E-state index is 12.8. The predicted octanol–water partition coefficient (Wildman–Crippen LogP) is 6.12. The molecule has 0 aromatic carbocycles. The zero-order valence-electron chi connectivity index (χ0n) is 22.4. The van der Waals surface area contributed by atoms with Gasteiger partial charge in [0.2, 0.25) is 0 Å². The van der Waals surface area contributed by atoms with Gasteiger partial charge in [-0.25, -0.2) is 0 Å². The van der Waals surface area contributed by atoms with Crippen molar-refractivity contribution < 1.29 is 20.1 Å². The van der Waals surface area contributed by atoms with Crippen LogP contribution in [0.2, 0.25) is 0 Å². The maximum absolute atomic E-state index is 12.8. The third-order valence-corrected chi connectivity index (χ3v) is 12.6. The number of carboxylic acids is 1. The zero-order valence-corrected chi connectivity index (χ0v) is 22.4. The first-order valence-corrected chi connectivity index (χ1v) is 13.6. The summed E-state index contributed by atoms with van der Waals surface area (Å²) in [6, 6.07) is 0. The van der Waals surface area contributed by atoms with E-state index in [1.807, 2.05) is 0 Å². The number of carbonyl (C=O) groups is 1. The van der Waals surface area contributed by atoms with Gasteiger partial charge in [0, 0.05) is 0 Å². The van der Waals surface area contributed by atoms with E-state index in [0.29, 0.717) is 31.1 Å². The van der Waals surface area contributed by atoms with E-state index < -0.39 is 17.5 Å². The summed E-state index contributed by atoms with van der Waals surface area (Å²) in [7, 11) is 0. The van der Waals surface area contributed by atoms with Gasteiger partial charge in [-0.15, -0.1) is 0 Å². The van der Waals surface area contributed by atoms with Gasteiger partial charge in [0.1, 0.15) is 0 Å². The second kappa shape index (κ2) is 7.00. The SMILES string of the molecule is CC1(C)CC2=C3C=C[C@@H]4[C@@]5(C)CC[C@H](O)C(C)(C)[C@@H]5CC[C@@]4(C)[C@]3(C)CC[C@@]2(C(=O)O)C[C@H]1O. The van der Waals surface area contributed by atoms with Gasteiger partial charge in [-0.2, -0.15) is 0 Å². The maximum Gasteiger partial charge on any atom is 0.313 e. The molecule has 8 atom stereocenters. The largest absolute Gasteiger partial charge is 0.481 e. The topological polar surface area (TPSA) is 77.8 Å². The van der Waals surface area contributed by atoms with Gasteiger partial charge in [-0.1, -0.05) is 60.6 Å². The third-order valence-electron chi connectivity index (χ3n) is 12.6. The molecular weight excluding hydrogens is 424 g/mol. The summed E-state index contributed by atoms with van der Waals surface area (Å²) in [5.74, 6) is 0.139. The standard InChI is InChI=1S/C30H46O4/c1-25(2)16-19-18-8-9-21-27(5)12-11-22(31)26(3,4)20(27)10-13-29(21,7)28(18,6)14-15-30(19,24(33)34)17-23(25)32/h8-9,20-23,31-32H,10-17H2,1-7H3,(H,33,34)/t20-,21+,22-,23+,27-,28+,29+,30+/m0/s1. The van der Waals surface area contributed by atoms with Crippen LogP contribution in [0.25, 0.3) is 0 Å². The molecule has 5 rings (SSSR count).